The first-order chi connectivity index (χ1) is 17.8. The van der Waals surface area contributed by atoms with Crippen molar-refractivity contribution in [3.8, 4) is 0 Å². The number of carboxylic acid groups (broad SMARTS) is 1. The second-order valence-electron chi connectivity index (χ2n) is 9.91. The first-order valence-corrected chi connectivity index (χ1v) is 13.3. The van der Waals surface area contributed by atoms with Gasteiger partial charge in [-0.3, -0.25) is 14.4 Å². The Morgan fingerprint density at radius 1 is 1.30 bits per heavy atom. The van der Waals surface area contributed by atoms with Gasteiger partial charge in [0.25, 0.3) is 0 Å². The first-order valence-electron chi connectivity index (χ1n) is 12.5. The summed E-state index contributed by atoms with van der Waals surface area (Å²) in [4.78, 5) is 54.6. The van der Waals surface area contributed by atoms with Crippen LogP contribution in [-0.4, -0.2) is 115 Å². The number of aliphatic carboxylic acids is 1. The third-order valence-corrected chi connectivity index (χ3v) is 9.04. The average molecular weight is 534 g/mol. The number of aromatic nitrogens is 4. The van der Waals surface area contributed by atoms with Crippen LogP contribution in [0.15, 0.2) is 16.9 Å². The summed E-state index contributed by atoms with van der Waals surface area (Å²) in [6, 6.07) is -1.13. The molecule has 200 valence electrons. The quantitative estimate of drug-likeness (QED) is 0.268. The molecular formula is C22H31N9O5S. The minimum atomic E-state index is -1.14. The summed E-state index contributed by atoms with van der Waals surface area (Å²) in [6.45, 7) is 7.12. The number of nitrogens with one attached hydrogen (secondary N) is 3. The van der Waals surface area contributed by atoms with E-state index in [4.69, 9.17) is 0 Å². The number of thioether (sulfide) groups is 1. The summed E-state index contributed by atoms with van der Waals surface area (Å²) >= 11 is 1.45. The van der Waals surface area contributed by atoms with Crippen LogP contribution in [-0.2, 0) is 25.7 Å². The summed E-state index contributed by atoms with van der Waals surface area (Å²) in [5.74, 6) is -2.45. The van der Waals surface area contributed by atoms with Crippen LogP contribution in [0.4, 0.5) is 0 Å². The SMILES string of the molecule is C[C@@H](NC(=O)Cn1cnnn1)[C@H]1C(=O)N2C(C(=O)O)=C(S[C@@H]3CN[C@H](C(=O)N4CCNCC4)C3)[C@H](C)[C@@H]12. The Labute approximate surface area is 217 Å². The lowest BCUT2D eigenvalue weighted by atomic mass is 9.78. The number of rotatable bonds is 8. The van der Waals surface area contributed by atoms with Crippen LogP contribution in [0, 0.1) is 11.8 Å². The summed E-state index contributed by atoms with van der Waals surface area (Å²) in [6.07, 6.45) is 1.92. The lowest BCUT2D eigenvalue weighted by molar-refractivity contribution is -0.158. The molecule has 0 aliphatic carbocycles. The lowest BCUT2D eigenvalue weighted by Gasteiger charge is -2.47. The van der Waals surface area contributed by atoms with Crippen molar-refractivity contribution in [3.05, 3.63) is 16.9 Å². The Morgan fingerprint density at radius 2 is 2.05 bits per heavy atom. The van der Waals surface area contributed by atoms with Crippen LogP contribution in [0.2, 0.25) is 0 Å². The molecule has 0 radical (unpaired) electrons. The lowest BCUT2D eigenvalue weighted by Crippen LogP contribution is -2.66. The summed E-state index contributed by atoms with van der Waals surface area (Å²) in [5, 5.41) is 30.1. The molecular weight excluding hydrogens is 502 g/mol. The Kier molecular flexibility index (Phi) is 7.18. The topological polar surface area (TPSA) is 175 Å². The van der Waals surface area contributed by atoms with E-state index in [9.17, 15) is 24.3 Å². The molecule has 4 N–H and O–H groups in total. The number of carbonyl (C=O) groups excluding carboxylic acids is 3. The maximum atomic E-state index is 13.1. The van der Waals surface area contributed by atoms with E-state index >= 15 is 0 Å². The van der Waals surface area contributed by atoms with Crippen LogP contribution in [0.25, 0.3) is 0 Å². The van der Waals surface area contributed by atoms with Crippen LogP contribution < -0.4 is 16.0 Å². The van der Waals surface area contributed by atoms with E-state index in [2.05, 4.69) is 31.5 Å². The number of tetrazole rings is 1. The van der Waals surface area contributed by atoms with Crippen molar-refractivity contribution in [2.45, 2.75) is 50.2 Å². The van der Waals surface area contributed by atoms with Crippen molar-refractivity contribution in [2.75, 3.05) is 32.7 Å². The molecule has 1 aromatic heterocycles. The third-order valence-electron chi connectivity index (χ3n) is 7.53. The number of carbonyl (C=O) groups is 4. The molecule has 0 aromatic carbocycles. The number of β-lactam (4-membered cyclic amide) rings is 1. The third kappa shape index (κ3) is 4.82. The molecule has 0 spiro atoms. The summed E-state index contributed by atoms with van der Waals surface area (Å²) in [7, 11) is 0. The molecule has 0 bridgehead atoms. The van der Waals surface area contributed by atoms with Crippen molar-refractivity contribution in [2.24, 2.45) is 11.8 Å². The normalized spacial score (nSPS) is 30.2. The van der Waals surface area contributed by atoms with Gasteiger partial charge in [-0.05, 0) is 23.8 Å². The molecule has 5 heterocycles. The zero-order valence-electron chi connectivity index (χ0n) is 20.7. The number of piperazine rings is 1. The van der Waals surface area contributed by atoms with E-state index in [0.717, 1.165) is 13.1 Å². The number of carboxylic acids is 1. The minimum absolute atomic E-state index is 0.0179. The molecule has 5 rings (SSSR count). The van der Waals surface area contributed by atoms with Crippen molar-refractivity contribution in [3.63, 3.8) is 0 Å². The second-order valence-corrected chi connectivity index (χ2v) is 11.2. The molecule has 3 amide bonds. The zero-order chi connectivity index (χ0) is 26.3. The largest absolute Gasteiger partial charge is 0.477 e. The van der Waals surface area contributed by atoms with Gasteiger partial charge in [-0.15, -0.1) is 16.9 Å². The molecule has 0 unspecified atom stereocenters. The van der Waals surface area contributed by atoms with E-state index in [1.54, 1.807) is 6.92 Å². The standard InChI is InChI=1S/C22H31N9O5S/c1-11-17-16(12(2)26-15(32)9-30-10-25-27-28-30)21(34)31(17)18(22(35)36)19(11)37-13-7-14(24-8-13)20(33)29-5-3-23-4-6-29/h10-14,16-17,23-24H,3-9H2,1-2H3,(H,26,32)(H,35,36)/t11-,12-,13+,14+,16-,17+/m1/s1. The molecule has 4 aliphatic rings. The Bertz CT molecular complexity index is 1110. The highest BCUT2D eigenvalue weighted by Gasteiger charge is 2.60. The fraction of sp³-hybridized carbons (Fsp3) is 0.682. The van der Waals surface area contributed by atoms with E-state index in [1.165, 1.54) is 27.7 Å². The number of hydrogen-bond acceptors (Lipinski definition) is 10. The molecule has 37 heavy (non-hydrogen) atoms. The highest BCUT2D eigenvalue weighted by Crippen LogP contribution is 2.51. The van der Waals surface area contributed by atoms with E-state index in [-0.39, 0.29) is 53.2 Å². The fourth-order valence-electron chi connectivity index (χ4n) is 5.75. The predicted molar refractivity (Wildman–Crippen MR) is 131 cm³/mol. The van der Waals surface area contributed by atoms with Gasteiger partial charge in [-0.2, -0.15) is 0 Å². The van der Waals surface area contributed by atoms with Gasteiger partial charge in [0.05, 0.1) is 18.0 Å². The fourth-order valence-corrected chi connectivity index (χ4v) is 7.23. The Morgan fingerprint density at radius 3 is 2.73 bits per heavy atom. The number of nitrogens with zero attached hydrogens (tertiary/aromatic N) is 6. The van der Waals surface area contributed by atoms with Gasteiger partial charge in [0.2, 0.25) is 17.7 Å². The number of fused-ring (bicyclic) bond motifs is 1. The summed E-state index contributed by atoms with van der Waals surface area (Å²) < 4.78 is 1.28. The molecule has 15 heteroatoms. The van der Waals surface area contributed by atoms with Crippen molar-refractivity contribution < 1.29 is 24.3 Å². The van der Waals surface area contributed by atoms with E-state index < -0.39 is 17.9 Å². The average Bonchev–Trinajstić information content (AvgIpc) is 3.60. The van der Waals surface area contributed by atoms with Crippen molar-refractivity contribution in [1.82, 2.24) is 46.0 Å². The van der Waals surface area contributed by atoms with Gasteiger partial charge in [0.15, 0.2) is 0 Å². The van der Waals surface area contributed by atoms with Gasteiger partial charge < -0.3 is 30.9 Å². The second kappa shape index (κ2) is 10.4. The molecule has 6 atom stereocenters. The Balaban J connectivity index is 1.23. The van der Waals surface area contributed by atoms with Crippen LogP contribution in [0.3, 0.4) is 0 Å². The van der Waals surface area contributed by atoms with Gasteiger partial charge in [0, 0.05) is 54.8 Å². The van der Waals surface area contributed by atoms with E-state index in [1.807, 2.05) is 11.8 Å². The maximum Gasteiger partial charge on any atom is 0.353 e. The molecule has 4 aliphatic heterocycles. The minimum Gasteiger partial charge on any atom is -0.477 e. The molecule has 1 aromatic rings. The van der Waals surface area contributed by atoms with Crippen LogP contribution in [0.1, 0.15) is 20.3 Å². The van der Waals surface area contributed by atoms with Gasteiger partial charge in [-0.25, -0.2) is 9.48 Å². The summed E-state index contributed by atoms with van der Waals surface area (Å²) in [5.41, 5.74) is 0.0212. The highest BCUT2D eigenvalue weighted by molar-refractivity contribution is 8.03. The zero-order valence-corrected chi connectivity index (χ0v) is 21.5. The Hall–Kier alpha value is -3.04. The monoisotopic (exact) mass is 533 g/mol. The molecule has 3 fully saturated rings. The molecule has 3 saturated heterocycles. The van der Waals surface area contributed by atoms with Crippen molar-refractivity contribution in [1.29, 1.82) is 0 Å². The van der Waals surface area contributed by atoms with E-state index in [0.29, 0.717) is 31.0 Å². The smallest absolute Gasteiger partial charge is 0.353 e. The predicted octanol–water partition coefficient (Wildman–Crippen LogP) is -2.15. The molecule has 0 saturated carbocycles. The van der Waals surface area contributed by atoms with Gasteiger partial charge in [-0.1, -0.05) is 6.92 Å². The highest BCUT2D eigenvalue weighted by atomic mass is 32.2. The number of amides is 3. The van der Waals surface area contributed by atoms with Crippen molar-refractivity contribution >= 4 is 35.5 Å². The van der Waals surface area contributed by atoms with Crippen LogP contribution >= 0.6 is 11.8 Å². The maximum absolute atomic E-state index is 13.1. The van der Waals surface area contributed by atoms with Gasteiger partial charge >= 0.3 is 5.97 Å². The van der Waals surface area contributed by atoms with Gasteiger partial charge in [0.1, 0.15) is 18.6 Å². The molecule has 14 nitrogen and oxygen atoms in total. The van der Waals surface area contributed by atoms with Crippen LogP contribution in [0.5, 0.6) is 0 Å². The first kappa shape index (κ1) is 25.6. The number of hydrogen-bond donors (Lipinski definition) is 4.